The van der Waals surface area contributed by atoms with Crippen molar-refractivity contribution in [3.63, 3.8) is 0 Å². The van der Waals surface area contributed by atoms with Crippen LogP contribution in [0.15, 0.2) is 15.6 Å². The van der Waals surface area contributed by atoms with Gasteiger partial charge in [-0.25, -0.2) is 13.8 Å². The lowest BCUT2D eigenvalue weighted by molar-refractivity contribution is -0.122. The number of amides is 1. The zero-order valence-corrected chi connectivity index (χ0v) is 15.2. The Morgan fingerprint density at radius 2 is 2.07 bits per heavy atom. The summed E-state index contributed by atoms with van der Waals surface area (Å²) in [6, 6.07) is 0. The molecule has 1 fully saturated rings. The van der Waals surface area contributed by atoms with E-state index in [1.807, 2.05) is 0 Å². The molecule has 2 aromatic heterocycles. The Morgan fingerprint density at radius 3 is 2.78 bits per heavy atom. The van der Waals surface area contributed by atoms with Crippen molar-refractivity contribution in [2.24, 2.45) is 0 Å². The highest BCUT2D eigenvalue weighted by molar-refractivity contribution is 5.75. The number of nitrogens with zero attached hydrogens (tertiary/aromatic N) is 4. The van der Waals surface area contributed by atoms with Crippen LogP contribution < -0.4 is 10.9 Å². The summed E-state index contributed by atoms with van der Waals surface area (Å²) in [5.41, 5.74) is 0.840. The van der Waals surface area contributed by atoms with Crippen LogP contribution >= 0.6 is 0 Å². The van der Waals surface area contributed by atoms with Gasteiger partial charge in [0.1, 0.15) is 6.54 Å². The van der Waals surface area contributed by atoms with E-state index in [1.54, 1.807) is 13.8 Å². The van der Waals surface area contributed by atoms with Gasteiger partial charge in [0.15, 0.2) is 5.82 Å². The molecule has 0 saturated heterocycles. The predicted octanol–water partition coefficient (Wildman–Crippen LogP) is 1.85. The van der Waals surface area contributed by atoms with E-state index < -0.39 is 11.8 Å². The molecule has 1 saturated carbocycles. The molecule has 0 radical (unpaired) electrons. The number of hydrogen-bond donors (Lipinski definition) is 1. The Balaban J connectivity index is 1.54. The first-order chi connectivity index (χ1) is 12.7. The molecule has 0 aliphatic heterocycles. The topological polar surface area (TPSA) is 103 Å². The van der Waals surface area contributed by atoms with Gasteiger partial charge < -0.3 is 9.84 Å². The number of hydrogen-bond acceptors (Lipinski definition) is 6. The fourth-order valence-corrected chi connectivity index (χ4v) is 2.98. The number of halogens is 2. The van der Waals surface area contributed by atoms with Gasteiger partial charge in [-0.2, -0.15) is 4.98 Å². The number of nitrogens with one attached hydrogen (secondary N) is 1. The molecule has 27 heavy (non-hydrogen) atoms. The molecule has 8 nitrogen and oxygen atoms in total. The lowest BCUT2D eigenvalue weighted by atomic mass is 9.86. The van der Waals surface area contributed by atoms with Gasteiger partial charge in [0.2, 0.25) is 17.7 Å². The summed E-state index contributed by atoms with van der Waals surface area (Å²) < 4.78 is 32.8. The van der Waals surface area contributed by atoms with E-state index in [9.17, 15) is 18.4 Å². The third-order valence-electron chi connectivity index (χ3n) is 4.83. The van der Waals surface area contributed by atoms with Crippen molar-refractivity contribution >= 4 is 5.91 Å². The number of carbonyl (C=O) groups is 1. The number of aromatic nitrogens is 4. The van der Waals surface area contributed by atoms with Crippen LogP contribution in [0.2, 0.25) is 0 Å². The van der Waals surface area contributed by atoms with Crippen molar-refractivity contribution < 1.29 is 18.1 Å². The van der Waals surface area contributed by atoms with Gasteiger partial charge in [-0.15, -0.1) is 0 Å². The van der Waals surface area contributed by atoms with E-state index in [4.69, 9.17) is 4.52 Å². The Labute approximate surface area is 154 Å². The highest BCUT2D eigenvalue weighted by atomic mass is 19.3. The van der Waals surface area contributed by atoms with Gasteiger partial charge in [-0.3, -0.25) is 14.2 Å². The van der Waals surface area contributed by atoms with Crippen molar-refractivity contribution in [3.05, 3.63) is 39.7 Å². The third-order valence-corrected chi connectivity index (χ3v) is 4.83. The van der Waals surface area contributed by atoms with Crippen LogP contribution in [0.4, 0.5) is 8.78 Å². The second-order valence-corrected chi connectivity index (χ2v) is 6.84. The van der Waals surface area contributed by atoms with Crippen molar-refractivity contribution in [2.75, 3.05) is 0 Å². The predicted molar refractivity (Wildman–Crippen MR) is 90.3 cm³/mol. The van der Waals surface area contributed by atoms with E-state index in [2.05, 4.69) is 20.4 Å². The van der Waals surface area contributed by atoms with Gasteiger partial charge in [0.25, 0.3) is 5.56 Å². The van der Waals surface area contributed by atoms with E-state index in [0.29, 0.717) is 29.9 Å². The number of aryl methyl sites for hydroxylation is 1. The molecule has 2 heterocycles. The van der Waals surface area contributed by atoms with E-state index in [-0.39, 0.29) is 43.3 Å². The van der Waals surface area contributed by atoms with E-state index in [0.717, 1.165) is 0 Å². The van der Waals surface area contributed by atoms with Crippen LogP contribution in [0.3, 0.4) is 0 Å². The van der Waals surface area contributed by atoms with Crippen LogP contribution in [-0.2, 0) is 17.9 Å². The summed E-state index contributed by atoms with van der Waals surface area (Å²) in [5, 5.41) is 6.43. The van der Waals surface area contributed by atoms with Gasteiger partial charge in [0, 0.05) is 30.0 Å². The van der Waals surface area contributed by atoms with Crippen LogP contribution in [0, 0.1) is 13.8 Å². The van der Waals surface area contributed by atoms with Crippen LogP contribution in [0.25, 0.3) is 0 Å². The fourth-order valence-electron chi connectivity index (χ4n) is 2.98. The molecule has 1 aliphatic carbocycles. The Kier molecular flexibility index (Phi) is 5.33. The normalized spacial score (nSPS) is 17.0. The summed E-state index contributed by atoms with van der Waals surface area (Å²) in [4.78, 5) is 32.4. The molecule has 1 amide bonds. The van der Waals surface area contributed by atoms with Crippen LogP contribution in [0.1, 0.15) is 54.6 Å². The van der Waals surface area contributed by atoms with Crippen molar-refractivity contribution in [2.45, 2.75) is 64.5 Å². The van der Waals surface area contributed by atoms with Crippen LogP contribution in [-0.4, -0.2) is 31.5 Å². The smallest absolute Gasteiger partial charge is 0.256 e. The molecule has 146 valence electrons. The summed E-state index contributed by atoms with van der Waals surface area (Å²) in [6.07, 6.45) is 1.57. The summed E-state index contributed by atoms with van der Waals surface area (Å²) >= 11 is 0. The second kappa shape index (κ2) is 7.53. The van der Waals surface area contributed by atoms with Crippen molar-refractivity contribution in [1.82, 2.24) is 25.0 Å². The average Bonchev–Trinajstić information content (AvgIpc) is 3.09. The molecule has 0 spiro atoms. The summed E-state index contributed by atoms with van der Waals surface area (Å²) in [5.74, 6) is -2.58. The highest BCUT2D eigenvalue weighted by Gasteiger charge is 2.36. The molecule has 10 heteroatoms. The highest BCUT2D eigenvalue weighted by Crippen LogP contribution is 2.39. The Hall–Kier alpha value is -2.65. The SMILES string of the molecule is Cc1ncn(CC(=O)NCc2nc(C3CCC(F)(F)CC3)no2)c(=O)c1C. The van der Waals surface area contributed by atoms with Crippen molar-refractivity contribution in [1.29, 1.82) is 0 Å². The molecule has 3 rings (SSSR count). The Bertz CT molecular complexity index is 883. The van der Waals surface area contributed by atoms with E-state index in [1.165, 1.54) is 10.9 Å². The fraction of sp³-hybridized carbons (Fsp3) is 0.588. The van der Waals surface area contributed by atoms with Gasteiger partial charge in [0.05, 0.1) is 12.9 Å². The Morgan fingerprint density at radius 1 is 1.37 bits per heavy atom. The molecule has 0 bridgehead atoms. The first-order valence-electron chi connectivity index (χ1n) is 8.75. The maximum atomic E-state index is 13.2. The minimum atomic E-state index is -2.61. The number of rotatable bonds is 5. The van der Waals surface area contributed by atoms with Crippen LogP contribution in [0.5, 0.6) is 0 Å². The number of alkyl halides is 2. The number of carbonyl (C=O) groups excluding carboxylic acids is 1. The molecule has 0 unspecified atom stereocenters. The minimum absolute atomic E-state index is 0.00172. The minimum Gasteiger partial charge on any atom is -0.345 e. The summed E-state index contributed by atoms with van der Waals surface area (Å²) in [6.45, 7) is 3.20. The molecule has 1 N–H and O–H groups in total. The molecule has 0 aromatic carbocycles. The van der Waals surface area contributed by atoms with Gasteiger partial charge >= 0.3 is 0 Å². The average molecular weight is 381 g/mol. The van der Waals surface area contributed by atoms with E-state index >= 15 is 0 Å². The van der Waals surface area contributed by atoms with Gasteiger partial charge in [-0.1, -0.05) is 5.16 Å². The standard InChI is InChI=1S/C17H21F2N5O3/c1-10-11(2)21-9-24(16(10)26)8-13(25)20-7-14-22-15(23-27-14)12-3-5-17(18,19)6-4-12/h9,12H,3-8H2,1-2H3,(H,20,25). The summed E-state index contributed by atoms with van der Waals surface area (Å²) in [7, 11) is 0. The lowest BCUT2D eigenvalue weighted by Crippen LogP contribution is -2.33. The van der Waals surface area contributed by atoms with Crippen molar-refractivity contribution in [3.8, 4) is 0 Å². The second-order valence-electron chi connectivity index (χ2n) is 6.84. The molecule has 0 atom stereocenters. The monoisotopic (exact) mass is 381 g/mol. The maximum Gasteiger partial charge on any atom is 0.256 e. The molecule has 1 aliphatic rings. The largest absolute Gasteiger partial charge is 0.345 e. The zero-order chi connectivity index (χ0) is 19.6. The lowest BCUT2D eigenvalue weighted by Gasteiger charge is -2.26. The first kappa shape index (κ1) is 19.1. The molecular formula is C17H21F2N5O3. The quantitative estimate of drug-likeness (QED) is 0.848. The molecular weight excluding hydrogens is 360 g/mol. The molecule has 2 aromatic rings. The maximum absolute atomic E-state index is 13.2. The van der Waals surface area contributed by atoms with Gasteiger partial charge in [-0.05, 0) is 26.7 Å². The third kappa shape index (κ3) is 4.55. The zero-order valence-electron chi connectivity index (χ0n) is 15.2. The first-order valence-corrected chi connectivity index (χ1v) is 8.75.